The largest absolute Gasteiger partial charge is 0.508 e. The molecule has 0 saturated carbocycles. The number of nitrogens with one attached hydrogen (secondary N) is 2. The number of nitrogens with two attached hydrogens (primary N) is 1. The molecule has 0 aliphatic carbocycles. The van der Waals surface area contributed by atoms with E-state index in [1.807, 2.05) is 0 Å². The summed E-state index contributed by atoms with van der Waals surface area (Å²) >= 11 is 0. The van der Waals surface area contributed by atoms with Crippen molar-refractivity contribution in [1.29, 1.82) is 0 Å². The van der Waals surface area contributed by atoms with E-state index in [0.29, 0.717) is 24.9 Å². The molecule has 3 rings (SSSR count). The summed E-state index contributed by atoms with van der Waals surface area (Å²) in [6.07, 6.45) is 1.24. The Kier molecular flexibility index (Phi) is 9.89. The van der Waals surface area contributed by atoms with Gasteiger partial charge in [0.15, 0.2) is 0 Å². The van der Waals surface area contributed by atoms with Crippen LogP contribution in [0.5, 0.6) is 11.5 Å². The maximum atomic E-state index is 13.2. The lowest BCUT2D eigenvalue weighted by atomic mass is 10.0. The Morgan fingerprint density at radius 1 is 0.923 bits per heavy atom. The van der Waals surface area contributed by atoms with E-state index < -0.39 is 42.0 Å². The van der Waals surface area contributed by atoms with E-state index in [1.54, 1.807) is 38.1 Å². The van der Waals surface area contributed by atoms with Gasteiger partial charge < -0.3 is 36.6 Å². The number of carbonyl (C=O) groups excluding carboxylic acids is 3. The van der Waals surface area contributed by atoms with Gasteiger partial charge in [0.2, 0.25) is 17.7 Å². The smallest absolute Gasteiger partial charge is 0.326 e. The number of likely N-dealkylation sites (tertiary alicyclic amines) is 1. The Labute approximate surface area is 227 Å². The van der Waals surface area contributed by atoms with E-state index in [4.69, 9.17) is 5.73 Å². The normalized spacial score (nSPS) is 17.3. The SMILES string of the molecule is CC(C)C(NC(=O)C1CCCN1C(=O)C(N)Cc1ccc(O)cc1)C(=O)NC(Cc1ccc(O)cc1)C(=O)O. The summed E-state index contributed by atoms with van der Waals surface area (Å²) in [6, 6.07) is 8.40. The van der Waals surface area contributed by atoms with Crippen molar-refractivity contribution in [2.75, 3.05) is 6.54 Å². The second kappa shape index (κ2) is 13.1. The van der Waals surface area contributed by atoms with Crippen LogP contribution in [-0.2, 0) is 32.0 Å². The molecular weight excluding hydrogens is 504 g/mol. The van der Waals surface area contributed by atoms with Gasteiger partial charge in [-0.15, -0.1) is 0 Å². The first-order valence-electron chi connectivity index (χ1n) is 12.9. The maximum Gasteiger partial charge on any atom is 0.326 e. The Morgan fingerprint density at radius 3 is 1.97 bits per heavy atom. The summed E-state index contributed by atoms with van der Waals surface area (Å²) in [5, 5.41) is 33.8. The van der Waals surface area contributed by atoms with Crippen molar-refractivity contribution in [2.24, 2.45) is 11.7 Å². The van der Waals surface area contributed by atoms with E-state index in [0.717, 1.165) is 5.56 Å². The Bertz CT molecular complexity index is 1170. The van der Waals surface area contributed by atoms with Gasteiger partial charge in [-0.05, 0) is 60.6 Å². The van der Waals surface area contributed by atoms with Gasteiger partial charge in [-0.1, -0.05) is 38.1 Å². The molecule has 11 heteroatoms. The van der Waals surface area contributed by atoms with Crippen LogP contribution in [0.25, 0.3) is 0 Å². The van der Waals surface area contributed by atoms with Crippen molar-refractivity contribution >= 4 is 23.7 Å². The predicted octanol–water partition coefficient (Wildman–Crippen LogP) is 0.912. The van der Waals surface area contributed by atoms with Crippen LogP contribution < -0.4 is 16.4 Å². The first-order valence-corrected chi connectivity index (χ1v) is 12.9. The average Bonchev–Trinajstić information content (AvgIpc) is 3.38. The number of hydrogen-bond acceptors (Lipinski definition) is 7. The minimum Gasteiger partial charge on any atom is -0.508 e. The van der Waals surface area contributed by atoms with Crippen LogP contribution in [0.4, 0.5) is 0 Å². The lowest BCUT2D eigenvalue weighted by molar-refractivity contribution is -0.143. The van der Waals surface area contributed by atoms with Gasteiger partial charge in [-0.25, -0.2) is 4.79 Å². The highest BCUT2D eigenvalue weighted by Gasteiger charge is 2.38. The quantitative estimate of drug-likeness (QED) is 0.243. The summed E-state index contributed by atoms with van der Waals surface area (Å²) in [5.41, 5.74) is 7.54. The zero-order chi connectivity index (χ0) is 28.7. The molecule has 0 radical (unpaired) electrons. The van der Waals surface area contributed by atoms with Crippen LogP contribution >= 0.6 is 0 Å². The molecule has 4 unspecified atom stereocenters. The molecule has 0 bridgehead atoms. The number of hydrogen-bond donors (Lipinski definition) is 6. The summed E-state index contributed by atoms with van der Waals surface area (Å²) in [4.78, 5) is 52.7. The van der Waals surface area contributed by atoms with Gasteiger partial charge in [0.05, 0.1) is 6.04 Å². The number of phenols is 2. The van der Waals surface area contributed by atoms with Crippen molar-refractivity contribution in [3.05, 3.63) is 59.7 Å². The Hall–Kier alpha value is -4.12. The van der Waals surface area contributed by atoms with E-state index in [-0.39, 0.29) is 36.2 Å². The van der Waals surface area contributed by atoms with Crippen LogP contribution in [-0.4, -0.2) is 74.6 Å². The monoisotopic (exact) mass is 540 g/mol. The molecule has 1 heterocycles. The third-order valence-electron chi connectivity index (χ3n) is 6.79. The van der Waals surface area contributed by atoms with Crippen LogP contribution in [0.3, 0.4) is 0 Å². The van der Waals surface area contributed by atoms with Gasteiger partial charge in [0.1, 0.15) is 29.6 Å². The van der Waals surface area contributed by atoms with Gasteiger partial charge in [-0.2, -0.15) is 0 Å². The maximum absolute atomic E-state index is 13.2. The first-order chi connectivity index (χ1) is 18.5. The summed E-state index contributed by atoms with van der Waals surface area (Å²) < 4.78 is 0. The van der Waals surface area contributed by atoms with Crippen LogP contribution in [0.1, 0.15) is 37.8 Å². The summed E-state index contributed by atoms with van der Waals surface area (Å²) in [5.74, 6) is -2.99. The van der Waals surface area contributed by atoms with Gasteiger partial charge in [-0.3, -0.25) is 14.4 Å². The van der Waals surface area contributed by atoms with Crippen LogP contribution in [0.2, 0.25) is 0 Å². The molecule has 39 heavy (non-hydrogen) atoms. The zero-order valence-electron chi connectivity index (χ0n) is 22.0. The minimum absolute atomic E-state index is 0.00998. The number of phenolic OH excluding ortho intramolecular Hbond substituents is 2. The highest BCUT2D eigenvalue weighted by atomic mass is 16.4. The second-order valence-corrected chi connectivity index (χ2v) is 10.2. The fourth-order valence-corrected chi connectivity index (χ4v) is 4.60. The number of rotatable bonds is 11. The molecule has 11 nitrogen and oxygen atoms in total. The molecule has 3 amide bonds. The third-order valence-corrected chi connectivity index (χ3v) is 6.79. The van der Waals surface area contributed by atoms with Gasteiger partial charge in [0, 0.05) is 13.0 Å². The Morgan fingerprint density at radius 2 is 1.46 bits per heavy atom. The predicted molar refractivity (Wildman–Crippen MR) is 143 cm³/mol. The number of benzene rings is 2. The van der Waals surface area contributed by atoms with Crippen LogP contribution in [0, 0.1) is 5.92 Å². The highest BCUT2D eigenvalue weighted by molar-refractivity contribution is 5.94. The van der Waals surface area contributed by atoms with Crippen molar-refractivity contribution in [1.82, 2.24) is 15.5 Å². The molecule has 2 aromatic rings. The zero-order valence-corrected chi connectivity index (χ0v) is 22.0. The molecule has 1 saturated heterocycles. The molecule has 0 aromatic heterocycles. The summed E-state index contributed by atoms with van der Waals surface area (Å²) in [6.45, 7) is 3.81. The fourth-order valence-electron chi connectivity index (χ4n) is 4.60. The molecule has 1 fully saturated rings. The second-order valence-electron chi connectivity index (χ2n) is 10.2. The number of aromatic hydroxyl groups is 2. The summed E-state index contributed by atoms with van der Waals surface area (Å²) in [7, 11) is 0. The number of carboxylic acid groups (broad SMARTS) is 1. The van der Waals surface area contributed by atoms with Crippen molar-refractivity contribution in [3.8, 4) is 11.5 Å². The van der Waals surface area contributed by atoms with Crippen LogP contribution in [0.15, 0.2) is 48.5 Å². The molecule has 2 aromatic carbocycles. The number of carbonyl (C=O) groups is 4. The molecule has 7 N–H and O–H groups in total. The average molecular weight is 541 g/mol. The fraction of sp³-hybridized carbons (Fsp3) is 0.429. The van der Waals surface area contributed by atoms with Crippen molar-refractivity contribution < 1.29 is 34.5 Å². The molecular formula is C28H36N4O7. The standard InChI is InChI=1S/C28H36N4O7/c1-16(2)24(26(36)30-22(28(38)39)15-18-7-11-20(34)12-8-18)31-25(35)23-4-3-13-32(23)27(37)21(29)14-17-5-9-19(33)10-6-17/h5-12,16,21-24,33-34H,3-4,13-15,29H2,1-2H3,(H,30,36)(H,31,35)(H,38,39). The van der Waals surface area contributed by atoms with E-state index in [1.165, 1.54) is 29.2 Å². The van der Waals surface area contributed by atoms with E-state index in [9.17, 15) is 34.5 Å². The number of amides is 3. The van der Waals surface area contributed by atoms with Crippen molar-refractivity contribution in [3.63, 3.8) is 0 Å². The molecule has 0 spiro atoms. The minimum atomic E-state index is -1.25. The highest BCUT2D eigenvalue weighted by Crippen LogP contribution is 2.20. The Balaban J connectivity index is 1.64. The number of nitrogens with zero attached hydrogens (tertiary/aromatic N) is 1. The topological polar surface area (TPSA) is 182 Å². The molecule has 4 atom stereocenters. The molecule has 210 valence electrons. The van der Waals surface area contributed by atoms with E-state index in [2.05, 4.69) is 10.6 Å². The molecule has 1 aliphatic rings. The number of aliphatic carboxylic acids is 1. The van der Waals surface area contributed by atoms with Gasteiger partial charge in [0.25, 0.3) is 0 Å². The molecule has 1 aliphatic heterocycles. The van der Waals surface area contributed by atoms with Crippen molar-refractivity contribution in [2.45, 2.75) is 63.7 Å². The first kappa shape index (κ1) is 29.4. The third kappa shape index (κ3) is 7.93. The lowest BCUT2D eigenvalue weighted by Crippen LogP contribution is -2.58. The lowest BCUT2D eigenvalue weighted by Gasteiger charge is -2.29. The van der Waals surface area contributed by atoms with E-state index >= 15 is 0 Å². The van der Waals surface area contributed by atoms with Gasteiger partial charge >= 0.3 is 5.97 Å². The number of carboxylic acids is 1.